The maximum Gasteiger partial charge on any atom is 0.287 e. The second-order valence-electron chi connectivity index (χ2n) is 4.42. The summed E-state index contributed by atoms with van der Waals surface area (Å²) in [6, 6.07) is 6.70. The van der Waals surface area contributed by atoms with Gasteiger partial charge in [-0.1, -0.05) is 6.92 Å². The van der Waals surface area contributed by atoms with E-state index in [2.05, 4.69) is 11.8 Å². The summed E-state index contributed by atoms with van der Waals surface area (Å²) in [4.78, 5) is 12.5. The number of rotatable bonds is 3. The summed E-state index contributed by atoms with van der Waals surface area (Å²) >= 11 is 1.96. The summed E-state index contributed by atoms with van der Waals surface area (Å²) in [5.41, 5.74) is 0.916. The number of thioether (sulfide) groups is 1. The van der Waals surface area contributed by atoms with Gasteiger partial charge >= 0.3 is 0 Å². The van der Waals surface area contributed by atoms with Crippen LogP contribution in [0.2, 0.25) is 0 Å². The Morgan fingerprint density at radius 3 is 3.05 bits per heavy atom. The molecule has 0 amide bonds. The van der Waals surface area contributed by atoms with Crippen LogP contribution in [0.4, 0.5) is 11.4 Å². The number of nitro groups is 1. The van der Waals surface area contributed by atoms with E-state index in [1.165, 1.54) is 6.07 Å². The quantitative estimate of drug-likeness (QED) is 0.627. The zero-order valence-corrected chi connectivity index (χ0v) is 11.5. The van der Waals surface area contributed by atoms with Gasteiger partial charge in [0.05, 0.1) is 4.92 Å². The molecule has 1 unspecified atom stereocenters. The lowest BCUT2D eigenvalue weighted by atomic mass is 10.1. The summed E-state index contributed by atoms with van der Waals surface area (Å²) in [6.45, 7) is 4.02. The van der Waals surface area contributed by atoms with Gasteiger partial charge in [0.2, 0.25) is 0 Å². The lowest BCUT2D eigenvalue weighted by molar-refractivity contribution is -0.385. The topological polar surface area (TPSA) is 70.2 Å². The minimum absolute atomic E-state index is 0.121. The predicted octanol–water partition coefficient (Wildman–Crippen LogP) is 2.80. The molecule has 100 valence electrons. The van der Waals surface area contributed by atoms with Gasteiger partial charge in [-0.05, 0) is 18.6 Å². The fraction of sp³-hybridized carbons (Fsp3) is 0.462. The molecule has 2 rings (SSSR count). The molecule has 0 N–H and O–H groups in total. The van der Waals surface area contributed by atoms with Crippen LogP contribution in [-0.4, -0.2) is 29.0 Å². The van der Waals surface area contributed by atoms with Crippen molar-refractivity contribution in [1.29, 1.82) is 5.26 Å². The molecule has 1 aliphatic heterocycles. The first kappa shape index (κ1) is 13.7. The first-order valence-corrected chi connectivity index (χ1v) is 7.25. The van der Waals surface area contributed by atoms with E-state index in [9.17, 15) is 10.1 Å². The number of hydrogen-bond acceptors (Lipinski definition) is 5. The fourth-order valence-electron chi connectivity index (χ4n) is 2.17. The van der Waals surface area contributed by atoms with Crippen LogP contribution in [-0.2, 0) is 0 Å². The number of nitrogens with zero attached hydrogens (tertiary/aromatic N) is 3. The molecule has 1 saturated heterocycles. The van der Waals surface area contributed by atoms with Crippen LogP contribution in [0.25, 0.3) is 0 Å². The van der Waals surface area contributed by atoms with Crippen LogP contribution >= 0.6 is 11.8 Å². The van der Waals surface area contributed by atoms with E-state index in [0.717, 1.165) is 31.0 Å². The van der Waals surface area contributed by atoms with E-state index in [4.69, 9.17) is 5.26 Å². The van der Waals surface area contributed by atoms with Gasteiger partial charge in [-0.2, -0.15) is 17.0 Å². The molecular formula is C13H15N3O2S. The highest BCUT2D eigenvalue weighted by Gasteiger charge is 2.21. The van der Waals surface area contributed by atoms with E-state index in [-0.39, 0.29) is 11.3 Å². The highest BCUT2D eigenvalue weighted by Crippen LogP contribution is 2.29. The van der Waals surface area contributed by atoms with Gasteiger partial charge in [0.1, 0.15) is 11.6 Å². The number of nitriles is 1. The molecule has 1 atom stereocenters. The van der Waals surface area contributed by atoms with Crippen molar-refractivity contribution in [2.24, 2.45) is 0 Å². The molecule has 1 heterocycles. The van der Waals surface area contributed by atoms with E-state index in [1.807, 2.05) is 17.8 Å². The Kier molecular flexibility index (Phi) is 4.27. The standard InChI is InChI=1S/C13H15N3O2S/c1-2-12-9-15(5-6-19-12)11-3-4-13(16(17)18)10(7-11)8-14/h3-4,7,12H,2,5-6,9H2,1H3. The summed E-state index contributed by atoms with van der Waals surface area (Å²) in [7, 11) is 0. The molecule has 0 spiro atoms. The number of benzene rings is 1. The summed E-state index contributed by atoms with van der Waals surface area (Å²) in [6.07, 6.45) is 1.11. The number of hydrogen-bond donors (Lipinski definition) is 0. The Bertz CT molecular complexity index is 527. The first-order valence-electron chi connectivity index (χ1n) is 6.20. The normalized spacial score (nSPS) is 18.9. The molecular weight excluding hydrogens is 262 g/mol. The van der Waals surface area contributed by atoms with Crippen molar-refractivity contribution in [3.63, 3.8) is 0 Å². The Morgan fingerprint density at radius 2 is 2.42 bits per heavy atom. The second-order valence-corrected chi connectivity index (χ2v) is 5.83. The van der Waals surface area contributed by atoms with Gasteiger partial charge in [-0.25, -0.2) is 0 Å². The van der Waals surface area contributed by atoms with E-state index in [1.54, 1.807) is 12.1 Å². The molecule has 6 heteroatoms. The molecule has 0 saturated carbocycles. The van der Waals surface area contributed by atoms with Gasteiger partial charge in [0.25, 0.3) is 5.69 Å². The van der Waals surface area contributed by atoms with Crippen molar-refractivity contribution in [2.75, 3.05) is 23.7 Å². The van der Waals surface area contributed by atoms with Gasteiger partial charge in [0.15, 0.2) is 0 Å². The average molecular weight is 277 g/mol. The monoisotopic (exact) mass is 277 g/mol. The molecule has 1 aromatic carbocycles. The maximum atomic E-state index is 10.8. The summed E-state index contributed by atoms with van der Waals surface area (Å²) in [5.74, 6) is 1.05. The Morgan fingerprint density at radius 1 is 1.63 bits per heavy atom. The van der Waals surface area contributed by atoms with E-state index in [0.29, 0.717) is 5.25 Å². The van der Waals surface area contributed by atoms with Crippen molar-refractivity contribution in [3.8, 4) is 6.07 Å². The third kappa shape index (κ3) is 2.99. The summed E-state index contributed by atoms with van der Waals surface area (Å²) in [5, 5.41) is 20.4. The lowest BCUT2D eigenvalue weighted by Gasteiger charge is -2.33. The maximum absolute atomic E-state index is 10.8. The van der Waals surface area contributed by atoms with Gasteiger partial charge in [-0.3, -0.25) is 10.1 Å². The van der Waals surface area contributed by atoms with Crippen molar-refractivity contribution < 1.29 is 4.92 Å². The van der Waals surface area contributed by atoms with Crippen molar-refractivity contribution >= 4 is 23.1 Å². The lowest BCUT2D eigenvalue weighted by Crippen LogP contribution is -2.37. The predicted molar refractivity (Wildman–Crippen MR) is 76.6 cm³/mol. The minimum Gasteiger partial charge on any atom is -0.370 e. The molecule has 0 aromatic heterocycles. The third-order valence-corrected chi connectivity index (χ3v) is 4.63. The largest absolute Gasteiger partial charge is 0.370 e. The highest BCUT2D eigenvalue weighted by atomic mass is 32.2. The number of nitro benzene ring substituents is 1. The molecule has 1 fully saturated rings. The first-order chi connectivity index (χ1) is 9.15. The van der Waals surface area contributed by atoms with Crippen molar-refractivity contribution in [2.45, 2.75) is 18.6 Å². The molecule has 5 nitrogen and oxygen atoms in total. The van der Waals surface area contributed by atoms with Crippen LogP contribution < -0.4 is 4.90 Å². The van der Waals surface area contributed by atoms with Crippen LogP contribution in [0.3, 0.4) is 0 Å². The van der Waals surface area contributed by atoms with Gasteiger partial charge in [0, 0.05) is 35.8 Å². The molecule has 0 bridgehead atoms. The Hall–Kier alpha value is -1.74. The van der Waals surface area contributed by atoms with Crippen molar-refractivity contribution in [3.05, 3.63) is 33.9 Å². The minimum atomic E-state index is -0.511. The van der Waals surface area contributed by atoms with Crippen LogP contribution in [0.1, 0.15) is 18.9 Å². The van der Waals surface area contributed by atoms with Gasteiger partial charge < -0.3 is 4.90 Å². The molecule has 1 aliphatic rings. The molecule has 0 aliphatic carbocycles. The Labute approximate surface area is 116 Å². The molecule has 1 aromatic rings. The van der Waals surface area contributed by atoms with E-state index >= 15 is 0 Å². The van der Waals surface area contributed by atoms with Crippen LogP contribution in [0.15, 0.2) is 18.2 Å². The summed E-state index contributed by atoms with van der Waals surface area (Å²) < 4.78 is 0. The highest BCUT2D eigenvalue weighted by molar-refractivity contribution is 8.00. The third-order valence-electron chi connectivity index (χ3n) is 3.26. The molecule has 0 radical (unpaired) electrons. The van der Waals surface area contributed by atoms with Crippen LogP contribution in [0.5, 0.6) is 0 Å². The SMILES string of the molecule is CCC1CN(c2ccc([N+](=O)[O-])c(C#N)c2)CCS1. The second kappa shape index (κ2) is 5.93. The smallest absolute Gasteiger partial charge is 0.287 e. The zero-order valence-electron chi connectivity index (χ0n) is 10.7. The Balaban J connectivity index is 2.26. The van der Waals surface area contributed by atoms with Crippen molar-refractivity contribution in [1.82, 2.24) is 0 Å². The average Bonchev–Trinajstić information content (AvgIpc) is 2.46. The van der Waals surface area contributed by atoms with E-state index < -0.39 is 4.92 Å². The van der Waals surface area contributed by atoms with Gasteiger partial charge in [-0.15, -0.1) is 0 Å². The number of anilines is 1. The van der Waals surface area contributed by atoms with Crippen LogP contribution in [0, 0.1) is 21.4 Å². The fourth-order valence-corrected chi connectivity index (χ4v) is 3.35. The zero-order chi connectivity index (χ0) is 13.8. The molecule has 19 heavy (non-hydrogen) atoms.